The van der Waals surface area contributed by atoms with E-state index in [0.717, 1.165) is 106 Å². The molecule has 9 heterocycles. The van der Waals surface area contributed by atoms with E-state index in [-0.39, 0.29) is 6.79 Å². The van der Waals surface area contributed by atoms with Gasteiger partial charge in [-0.05, 0) is 133 Å². The Morgan fingerprint density at radius 1 is 0.580 bits per heavy atom. The first-order valence-electron chi connectivity index (χ1n) is 25.7. The fourth-order valence-corrected chi connectivity index (χ4v) is 9.56. The Morgan fingerprint density at radius 3 is 1.89 bits per heavy atom. The molecular formula is C64H47N13O3S. The molecule has 8 aromatic heterocycles. The molecule has 0 fully saturated rings. The number of carbonyl (C=O) groups excluding carboxylic acids is 1. The van der Waals surface area contributed by atoms with Crippen LogP contribution in [0.3, 0.4) is 0 Å². The normalized spacial score (nSPS) is 11.3. The number of pyridine rings is 5. The highest BCUT2D eigenvalue weighted by molar-refractivity contribution is 7.80. The molecule has 0 radical (unpaired) electrons. The summed E-state index contributed by atoms with van der Waals surface area (Å²) in [5, 5.41) is 18.0. The SMILES string of the molecule is Cc1cccc(-c2nn(C(=S)Nc3ccccc3)cc2-c2ccnc3ccccc23)n1.NC(=O)c1ccc(-c2nc(-c3ccc4c(c3)OCO4)c(-c3ccccn3)[nH]2)cc1.c1ccc(-c2[nH]ncc2-c2ccnc3ccccc23)nc1. The molecule has 5 N–H and O–H groups in total. The minimum Gasteiger partial charge on any atom is -0.454 e. The van der Waals surface area contributed by atoms with Crippen LogP contribution in [0.1, 0.15) is 16.1 Å². The third kappa shape index (κ3) is 11.0. The Hall–Kier alpha value is -11.0. The summed E-state index contributed by atoms with van der Waals surface area (Å²) in [5.74, 6) is 1.59. The van der Waals surface area contributed by atoms with E-state index in [9.17, 15) is 4.79 Å². The molecule has 1 aliphatic rings. The van der Waals surface area contributed by atoms with Crippen molar-refractivity contribution < 1.29 is 14.3 Å². The number of hydrogen-bond acceptors (Lipinski definition) is 12. The van der Waals surface area contributed by atoms with E-state index in [1.54, 1.807) is 29.2 Å². The Balaban J connectivity index is 0.000000123. The topological polar surface area (TPSA) is 213 Å². The average Bonchev–Trinajstić information content (AvgIpc) is 4.45. The van der Waals surface area contributed by atoms with Crippen LogP contribution < -0.4 is 20.5 Å². The van der Waals surface area contributed by atoms with Gasteiger partial charge >= 0.3 is 0 Å². The third-order valence-electron chi connectivity index (χ3n) is 13.2. The van der Waals surface area contributed by atoms with Crippen molar-refractivity contribution in [1.82, 2.24) is 54.9 Å². The molecule has 392 valence electrons. The van der Waals surface area contributed by atoms with E-state index >= 15 is 0 Å². The maximum absolute atomic E-state index is 11.3. The molecule has 0 spiro atoms. The number of ether oxygens (including phenoxy) is 2. The number of H-pyrrole nitrogens is 2. The second-order valence-electron chi connectivity index (χ2n) is 18.5. The Labute approximate surface area is 469 Å². The molecule has 0 saturated heterocycles. The number of primary amides is 1. The highest BCUT2D eigenvalue weighted by Gasteiger charge is 2.22. The van der Waals surface area contributed by atoms with E-state index in [2.05, 4.69) is 52.6 Å². The average molecular weight is 1080 g/mol. The molecule has 16 nitrogen and oxygen atoms in total. The number of aromatic amines is 2. The molecule has 0 aliphatic carbocycles. The number of nitrogens with one attached hydrogen (secondary N) is 3. The van der Waals surface area contributed by atoms with E-state index in [1.807, 2.05) is 196 Å². The fourth-order valence-electron chi connectivity index (χ4n) is 9.35. The molecule has 81 heavy (non-hydrogen) atoms. The summed E-state index contributed by atoms with van der Waals surface area (Å²) >= 11 is 5.65. The lowest BCUT2D eigenvalue weighted by molar-refractivity contribution is 0.1000. The van der Waals surface area contributed by atoms with Crippen molar-refractivity contribution in [3.8, 4) is 90.6 Å². The maximum Gasteiger partial charge on any atom is 0.248 e. The minimum atomic E-state index is -0.466. The first-order chi connectivity index (χ1) is 39.8. The van der Waals surface area contributed by atoms with Crippen LogP contribution >= 0.6 is 12.2 Å². The van der Waals surface area contributed by atoms with E-state index < -0.39 is 5.91 Å². The van der Waals surface area contributed by atoms with Gasteiger partial charge in [-0.1, -0.05) is 84.9 Å². The van der Waals surface area contributed by atoms with Gasteiger partial charge in [-0.25, -0.2) is 9.67 Å². The quantitative estimate of drug-likeness (QED) is 0.0992. The summed E-state index contributed by atoms with van der Waals surface area (Å²) in [4.78, 5) is 42.0. The predicted octanol–water partition coefficient (Wildman–Crippen LogP) is 13.0. The van der Waals surface area contributed by atoms with Gasteiger partial charge < -0.3 is 25.5 Å². The number of thiocarbonyl (C=S) groups is 1. The van der Waals surface area contributed by atoms with Crippen LogP contribution in [0.5, 0.6) is 11.5 Å². The number of nitrogens with two attached hydrogens (primary N) is 1. The van der Waals surface area contributed by atoms with Crippen molar-refractivity contribution in [3.05, 3.63) is 236 Å². The fraction of sp³-hybridized carbons (Fsp3) is 0.0312. The zero-order chi connectivity index (χ0) is 55.1. The van der Waals surface area contributed by atoms with Gasteiger partial charge in [-0.3, -0.25) is 34.8 Å². The summed E-state index contributed by atoms with van der Waals surface area (Å²) in [6.45, 7) is 2.19. The number of amides is 1. The largest absolute Gasteiger partial charge is 0.454 e. The molecule has 17 heteroatoms. The second-order valence-corrected chi connectivity index (χ2v) is 18.8. The van der Waals surface area contributed by atoms with E-state index in [1.165, 1.54) is 0 Å². The third-order valence-corrected chi connectivity index (χ3v) is 13.5. The van der Waals surface area contributed by atoms with Gasteiger partial charge in [0.2, 0.25) is 12.7 Å². The van der Waals surface area contributed by atoms with Crippen LogP contribution in [-0.4, -0.2) is 72.7 Å². The van der Waals surface area contributed by atoms with Crippen LogP contribution in [0.15, 0.2) is 225 Å². The Morgan fingerprint density at radius 2 is 1.21 bits per heavy atom. The molecule has 0 bridgehead atoms. The van der Waals surface area contributed by atoms with Crippen LogP contribution in [0.25, 0.3) is 101 Å². The number of imidazole rings is 1. The van der Waals surface area contributed by atoms with Gasteiger partial charge in [0.05, 0.1) is 51.4 Å². The van der Waals surface area contributed by atoms with Crippen molar-refractivity contribution >= 4 is 50.7 Å². The van der Waals surface area contributed by atoms with Gasteiger partial charge in [0.15, 0.2) is 16.6 Å². The van der Waals surface area contributed by atoms with Gasteiger partial charge in [0, 0.05) is 81.0 Å². The molecule has 13 aromatic rings. The van der Waals surface area contributed by atoms with Crippen molar-refractivity contribution in [1.29, 1.82) is 0 Å². The smallest absolute Gasteiger partial charge is 0.248 e. The zero-order valence-electron chi connectivity index (χ0n) is 43.3. The first-order valence-corrected chi connectivity index (χ1v) is 26.1. The minimum absolute atomic E-state index is 0.212. The van der Waals surface area contributed by atoms with Gasteiger partial charge in [-0.2, -0.15) is 10.2 Å². The molecular weight excluding hydrogens is 1030 g/mol. The van der Waals surface area contributed by atoms with Crippen molar-refractivity contribution in [2.24, 2.45) is 5.73 Å². The van der Waals surface area contributed by atoms with Crippen molar-refractivity contribution in [2.75, 3.05) is 12.1 Å². The summed E-state index contributed by atoms with van der Waals surface area (Å²) in [5.41, 5.74) is 21.1. The number of fused-ring (bicyclic) bond motifs is 3. The van der Waals surface area contributed by atoms with Gasteiger partial charge in [-0.15, -0.1) is 0 Å². The first kappa shape index (κ1) is 50.8. The number of carbonyl (C=O) groups is 1. The van der Waals surface area contributed by atoms with Crippen LogP contribution in [-0.2, 0) is 0 Å². The molecule has 14 rings (SSSR count). The number of benzene rings is 5. The predicted molar refractivity (Wildman–Crippen MR) is 319 cm³/mol. The number of aromatic nitrogens is 11. The standard InChI is InChI=1S/C25H19N5S.C22H16N4O3.C17H12N4/c1-17-8-7-13-23(27-17)24-21(19-14-15-26-22-12-6-5-11-20(19)22)16-30(29-24)25(31)28-18-9-3-2-4-10-18;23-21(27)13-4-6-14(7-5-13)22-25-19(20(26-22)16-3-1-2-10-24-16)15-8-9-17-18(11-15)29-12-28-17;1-2-6-15-13(5-1)12(8-10-19-15)14-11-20-21-17(14)16-7-3-4-9-18-16/h2-16H,1H3,(H,28,31);1-11H,12H2,(H2,23,27)(H,25,26);1-11H,(H,20,21). The lowest BCUT2D eigenvalue weighted by Gasteiger charge is -2.07. The number of anilines is 1. The van der Waals surface area contributed by atoms with Gasteiger partial charge in [0.1, 0.15) is 11.5 Å². The Bertz CT molecular complexity index is 4370. The molecule has 0 unspecified atom stereocenters. The lowest BCUT2D eigenvalue weighted by atomic mass is 10.0. The van der Waals surface area contributed by atoms with Crippen molar-refractivity contribution in [2.45, 2.75) is 6.92 Å². The summed E-state index contributed by atoms with van der Waals surface area (Å²) < 4.78 is 12.6. The van der Waals surface area contributed by atoms with Crippen molar-refractivity contribution in [3.63, 3.8) is 0 Å². The molecule has 0 saturated carbocycles. The molecule has 5 aromatic carbocycles. The zero-order valence-corrected chi connectivity index (χ0v) is 44.1. The molecule has 0 atom stereocenters. The summed E-state index contributed by atoms with van der Waals surface area (Å²) in [6.07, 6.45) is 11.0. The number of rotatable bonds is 9. The summed E-state index contributed by atoms with van der Waals surface area (Å²) in [7, 11) is 0. The maximum atomic E-state index is 11.3. The van der Waals surface area contributed by atoms with E-state index in [0.29, 0.717) is 28.0 Å². The number of para-hydroxylation sites is 3. The number of nitrogens with zero attached hydrogens (tertiary/aromatic N) is 9. The highest BCUT2D eigenvalue weighted by Crippen LogP contribution is 2.40. The summed E-state index contributed by atoms with van der Waals surface area (Å²) in [6, 6.07) is 60.2. The highest BCUT2D eigenvalue weighted by atomic mass is 32.1. The Kier molecular flexibility index (Phi) is 14.3. The second kappa shape index (κ2) is 22.9. The molecule has 1 amide bonds. The number of aryl methyl sites for hydroxylation is 1. The molecule has 1 aliphatic heterocycles. The monoisotopic (exact) mass is 1080 g/mol. The number of hydrogen-bond donors (Lipinski definition) is 4. The van der Waals surface area contributed by atoms with E-state index in [4.69, 9.17) is 42.5 Å². The lowest BCUT2D eigenvalue weighted by Crippen LogP contribution is -2.19. The van der Waals surface area contributed by atoms with Crippen LogP contribution in [0.4, 0.5) is 5.69 Å². The van der Waals surface area contributed by atoms with Gasteiger partial charge in [0.25, 0.3) is 0 Å². The van der Waals surface area contributed by atoms with Crippen LogP contribution in [0.2, 0.25) is 0 Å². The van der Waals surface area contributed by atoms with Crippen LogP contribution in [0, 0.1) is 6.92 Å².